The summed E-state index contributed by atoms with van der Waals surface area (Å²) in [6, 6.07) is 20.3. The number of pyridine rings is 2. The predicted molar refractivity (Wildman–Crippen MR) is 160 cm³/mol. The third-order valence-corrected chi connectivity index (χ3v) is 7.40. The molecule has 0 saturated carbocycles. The number of aryl methyl sites for hydroxylation is 2. The van der Waals surface area contributed by atoms with Gasteiger partial charge in [-0.3, -0.25) is 9.59 Å². The van der Waals surface area contributed by atoms with E-state index in [4.69, 9.17) is 9.47 Å². The number of aromatic nitrogens is 5. The highest BCUT2D eigenvalue weighted by atomic mass is 16.5. The van der Waals surface area contributed by atoms with E-state index in [1.165, 1.54) is 0 Å². The van der Waals surface area contributed by atoms with Crippen LogP contribution in [0.1, 0.15) is 18.4 Å². The number of methoxy groups -OCH3 is 2. The first-order valence-corrected chi connectivity index (χ1v) is 13.7. The van der Waals surface area contributed by atoms with E-state index in [0.717, 1.165) is 32.5 Å². The maximum absolute atomic E-state index is 13.1. The maximum atomic E-state index is 13.1. The summed E-state index contributed by atoms with van der Waals surface area (Å²) in [6.07, 6.45) is 3.07. The number of carboxylic acids is 1. The molecule has 11 heteroatoms. The van der Waals surface area contributed by atoms with Gasteiger partial charge in [0.05, 0.1) is 31.6 Å². The second-order valence-corrected chi connectivity index (χ2v) is 10.1. The van der Waals surface area contributed by atoms with Gasteiger partial charge in [0, 0.05) is 42.2 Å². The van der Waals surface area contributed by atoms with Crippen molar-refractivity contribution < 1.29 is 24.5 Å². The molecule has 3 heterocycles. The highest BCUT2D eigenvalue weighted by Crippen LogP contribution is 2.24. The van der Waals surface area contributed by atoms with Crippen LogP contribution in [0.15, 0.2) is 83.9 Å². The number of aliphatic hydroxyl groups is 1. The van der Waals surface area contributed by atoms with Gasteiger partial charge in [-0.05, 0) is 60.2 Å². The Morgan fingerprint density at radius 1 is 0.837 bits per heavy atom. The molecule has 2 aromatic carbocycles. The largest absolute Gasteiger partial charge is 0.481 e. The van der Waals surface area contributed by atoms with Crippen molar-refractivity contribution in [3.05, 3.63) is 95.0 Å². The molecule has 0 radical (unpaired) electrons. The molecule has 220 valence electrons. The Labute approximate surface area is 247 Å². The number of aliphatic carboxylic acids is 1. The number of hydrogen-bond acceptors (Lipinski definition) is 9. The molecule has 0 aliphatic heterocycles. The highest BCUT2D eigenvalue weighted by Gasteiger charge is 2.26. The monoisotopic (exact) mass is 581 g/mol. The lowest BCUT2D eigenvalue weighted by Crippen LogP contribution is -2.32. The summed E-state index contributed by atoms with van der Waals surface area (Å²) >= 11 is 0. The van der Waals surface area contributed by atoms with E-state index in [1.807, 2.05) is 36.4 Å². The Morgan fingerprint density at radius 2 is 1.44 bits per heavy atom. The molecule has 0 saturated heterocycles. The number of benzene rings is 2. The van der Waals surface area contributed by atoms with E-state index in [-0.39, 0.29) is 24.9 Å². The van der Waals surface area contributed by atoms with Gasteiger partial charge >= 0.3 is 5.97 Å². The predicted octanol–water partition coefficient (Wildman–Crippen LogP) is 4.02. The maximum Gasteiger partial charge on any atom is 0.309 e. The molecule has 0 unspecified atom stereocenters. The summed E-state index contributed by atoms with van der Waals surface area (Å²) in [7, 11) is 3.11. The minimum Gasteiger partial charge on any atom is -0.481 e. The molecule has 0 bridgehead atoms. The Balaban J connectivity index is 1.21. The van der Waals surface area contributed by atoms with Crippen molar-refractivity contribution >= 4 is 16.9 Å². The molecular weight excluding hydrogens is 550 g/mol. The Morgan fingerprint density at radius 3 is 2.02 bits per heavy atom. The van der Waals surface area contributed by atoms with E-state index < -0.39 is 18.0 Å². The van der Waals surface area contributed by atoms with Crippen LogP contribution >= 0.6 is 0 Å². The van der Waals surface area contributed by atoms with Crippen LogP contribution in [-0.4, -0.2) is 61.5 Å². The molecule has 0 aliphatic carbocycles. The second-order valence-electron chi connectivity index (χ2n) is 10.1. The molecule has 0 fully saturated rings. The van der Waals surface area contributed by atoms with Crippen LogP contribution in [-0.2, 0) is 17.8 Å². The van der Waals surface area contributed by atoms with Gasteiger partial charge in [0.1, 0.15) is 5.52 Å². The summed E-state index contributed by atoms with van der Waals surface area (Å²) in [6.45, 7) is 0.00451. The van der Waals surface area contributed by atoms with Gasteiger partial charge in [0.2, 0.25) is 11.8 Å². The molecule has 43 heavy (non-hydrogen) atoms. The number of rotatable bonds is 12. The van der Waals surface area contributed by atoms with E-state index in [1.54, 1.807) is 56.9 Å². The van der Waals surface area contributed by atoms with Gasteiger partial charge in [-0.15, -0.1) is 5.10 Å². The fraction of sp³-hybridized carbons (Fsp3) is 0.250. The number of aliphatic hydroxyl groups excluding tert-OH is 1. The van der Waals surface area contributed by atoms with Crippen LogP contribution in [0.2, 0.25) is 0 Å². The zero-order chi connectivity index (χ0) is 30.3. The Kier molecular flexibility index (Phi) is 9.02. The van der Waals surface area contributed by atoms with Crippen molar-refractivity contribution in [1.29, 1.82) is 0 Å². The van der Waals surface area contributed by atoms with Crippen molar-refractivity contribution in [3.8, 4) is 34.0 Å². The van der Waals surface area contributed by atoms with Gasteiger partial charge in [0.15, 0.2) is 0 Å². The minimum absolute atomic E-state index is 0.00451. The normalized spacial score (nSPS) is 12.5. The second kappa shape index (κ2) is 13.2. The van der Waals surface area contributed by atoms with E-state index in [2.05, 4.69) is 20.3 Å². The molecule has 0 amide bonds. The SMILES string of the molecule is COc1ccc(-c2ccc(CC[C@@H](O)[C@H](CCn3nnc4cc(-c5ccc(OC)nc5)ccc4c3=O)C(=O)O)cc2)cn1. The summed E-state index contributed by atoms with van der Waals surface area (Å²) in [5, 5.41) is 29.2. The van der Waals surface area contributed by atoms with Crippen LogP contribution in [0, 0.1) is 5.92 Å². The summed E-state index contributed by atoms with van der Waals surface area (Å²) < 4.78 is 11.3. The Hall–Kier alpha value is -5.16. The van der Waals surface area contributed by atoms with Gasteiger partial charge in [0.25, 0.3) is 5.56 Å². The average Bonchev–Trinajstić information content (AvgIpc) is 3.05. The quantitative estimate of drug-likeness (QED) is 0.221. The minimum atomic E-state index is -1.13. The molecule has 11 nitrogen and oxygen atoms in total. The Bertz CT molecular complexity index is 1760. The van der Waals surface area contributed by atoms with Gasteiger partial charge < -0.3 is 19.7 Å². The van der Waals surface area contributed by atoms with Crippen LogP contribution in [0.3, 0.4) is 0 Å². The van der Waals surface area contributed by atoms with Gasteiger partial charge in [-0.25, -0.2) is 14.6 Å². The third-order valence-electron chi connectivity index (χ3n) is 7.40. The summed E-state index contributed by atoms with van der Waals surface area (Å²) in [5.74, 6) is -1.17. The molecule has 0 spiro atoms. The van der Waals surface area contributed by atoms with E-state index in [0.29, 0.717) is 29.1 Å². The topological polar surface area (TPSA) is 150 Å². The zero-order valence-corrected chi connectivity index (χ0v) is 23.8. The first kappa shape index (κ1) is 29.3. The molecular formula is C32H31N5O6. The zero-order valence-electron chi connectivity index (χ0n) is 23.8. The van der Waals surface area contributed by atoms with Crippen molar-refractivity contribution in [2.24, 2.45) is 5.92 Å². The van der Waals surface area contributed by atoms with Crippen molar-refractivity contribution in [3.63, 3.8) is 0 Å². The van der Waals surface area contributed by atoms with Crippen LogP contribution < -0.4 is 15.0 Å². The lowest BCUT2D eigenvalue weighted by Gasteiger charge is -2.19. The number of carbonyl (C=O) groups is 1. The molecule has 3 aromatic heterocycles. The first-order chi connectivity index (χ1) is 20.9. The van der Waals surface area contributed by atoms with Crippen LogP contribution in [0.25, 0.3) is 33.2 Å². The number of hydrogen-bond donors (Lipinski definition) is 2. The first-order valence-electron chi connectivity index (χ1n) is 13.7. The van der Waals surface area contributed by atoms with Crippen molar-refractivity contribution in [1.82, 2.24) is 25.0 Å². The summed E-state index contributed by atoms with van der Waals surface area (Å²) in [5.41, 5.74) is 4.58. The lowest BCUT2D eigenvalue weighted by atomic mass is 9.93. The fourth-order valence-corrected chi connectivity index (χ4v) is 4.87. The van der Waals surface area contributed by atoms with E-state index >= 15 is 0 Å². The van der Waals surface area contributed by atoms with Gasteiger partial charge in [-0.1, -0.05) is 35.5 Å². The highest BCUT2D eigenvalue weighted by molar-refractivity contribution is 5.83. The molecule has 2 atom stereocenters. The third kappa shape index (κ3) is 6.84. The lowest BCUT2D eigenvalue weighted by molar-refractivity contribution is -0.146. The average molecular weight is 582 g/mol. The van der Waals surface area contributed by atoms with E-state index in [9.17, 15) is 19.8 Å². The standard InChI is InChI=1S/C32H31N5O6/c1-42-29-13-9-23(18-33-29)21-6-3-20(4-7-21)5-12-28(38)26(32(40)41)15-16-37-31(39)25-11-8-22(17-27(25)35-36-37)24-10-14-30(43-2)34-19-24/h3-4,6-11,13-14,17-19,26,28,38H,5,12,15-16H2,1-2H3,(H,40,41)/t26-,28+/m0/s1. The smallest absolute Gasteiger partial charge is 0.309 e. The van der Waals surface area contributed by atoms with Crippen LogP contribution in [0.4, 0.5) is 0 Å². The van der Waals surface area contributed by atoms with Gasteiger partial charge in [-0.2, -0.15) is 0 Å². The molecule has 0 aliphatic rings. The summed E-state index contributed by atoms with van der Waals surface area (Å²) in [4.78, 5) is 33.5. The molecule has 2 N–H and O–H groups in total. The van der Waals surface area contributed by atoms with Crippen molar-refractivity contribution in [2.45, 2.75) is 31.9 Å². The number of ether oxygens (including phenoxy) is 2. The molecule has 5 aromatic rings. The fourth-order valence-electron chi connectivity index (χ4n) is 4.87. The van der Waals surface area contributed by atoms with Crippen LogP contribution in [0.5, 0.6) is 11.8 Å². The number of fused-ring (bicyclic) bond motifs is 1. The number of nitrogens with zero attached hydrogens (tertiary/aromatic N) is 5. The molecule has 5 rings (SSSR count). The number of carboxylic acid groups (broad SMARTS) is 1. The van der Waals surface area contributed by atoms with Crippen molar-refractivity contribution in [2.75, 3.05) is 14.2 Å².